The summed E-state index contributed by atoms with van der Waals surface area (Å²) in [6, 6.07) is 0. The lowest BCUT2D eigenvalue weighted by molar-refractivity contribution is 0.303. The number of aromatic hydroxyl groups is 1. The molecule has 8 heteroatoms. The lowest BCUT2D eigenvalue weighted by atomic mass is 10.2. The zero-order valence-corrected chi connectivity index (χ0v) is 13.9. The Hall–Kier alpha value is -2.35. The molecule has 0 fully saturated rings. The van der Waals surface area contributed by atoms with E-state index >= 15 is 0 Å². The lowest BCUT2D eigenvalue weighted by Gasteiger charge is -2.17. The molecule has 0 amide bonds. The van der Waals surface area contributed by atoms with Gasteiger partial charge >= 0.3 is 5.69 Å². The monoisotopic (exact) mass is 323 g/mol. The van der Waals surface area contributed by atoms with Gasteiger partial charge in [-0.1, -0.05) is 19.9 Å². The van der Waals surface area contributed by atoms with Gasteiger partial charge in [-0.15, -0.1) is 6.58 Å². The van der Waals surface area contributed by atoms with Gasteiger partial charge in [-0.25, -0.2) is 4.79 Å². The summed E-state index contributed by atoms with van der Waals surface area (Å²) in [5.41, 5.74) is 1.81. The van der Waals surface area contributed by atoms with Crippen molar-refractivity contribution in [1.29, 1.82) is 0 Å². The molecule has 0 aliphatic carbocycles. The van der Waals surface area contributed by atoms with Crippen LogP contribution in [0.5, 0.6) is 5.88 Å². The second-order valence-corrected chi connectivity index (χ2v) is 4.99. The van der Waals surface area contributed by atoms with E-state index in [0.29, 0.717) is 12.3 Å². The van der Waals surface area contributed by atoms with E-state index < -0.39 is 17.1 Å². The molecule has 0 bridgehead atoms. The number of aromatic nitrogens is 2. The van der Waals surface area contributed by atoms with Crippen LogP contribution in [0.1, 0.15) is 26.3 Å². The summed E-state index contributed by atoms with van der Waals surface area (Å²) in [5.74, 6) is -0.412. The Labute approximate surface area is 135 Å². The van der Waals surface area contributed by atoms with Gasteiger partial charge in [-0.05, 0) is 20.0 Å². The van der Waals surface area contributed by atoms with Crippen molar-refractivity contribution in [2.75, 3.05) is 26.2 Å². The van der Waals surface area contributed by atoms with E-state index in [2.05, 4.69) is 40.8 Å². The fraction of sp³-hybridized carbons (Fsp3) is 0.533. The van der Waals surface area contributed by atoms with E-state index in [9.17, 15) is 14.7 Å². The zero-order chi connectivity index (χ0) is 17.4. The molecule has 3 N–H and O–H groups in total. The van der Waals surface area contributed by atoms with Gasteiger partial charge in [0.15, 0.2) is 0 Å². The number of aromatic amines is 1. The van der Waals surface area contributed by atoms with Gasteiger partial charge in [-0.3, -0.25) is 14.3 Å². The largest absolute Gasteiger partial charge is 0.494 e. The third kappa shape index (κ3) is 4.82. The summed E-state index contributed by atoms with van der Waals surface area (Å²) in [4.78, 5) is 28.0. The molecular formula is C15H25N5O3. The van der Waals surface area contributed by atoms with Gasteiger partial charge in [0.1, 0.15) is 5.56 Å². The highest BCUT2D eigenvalue weighted by atomic mass is 16.3. The Kier molecular flexibility index (Phi) is 7.27. The molecule has 0 saturated carbocycles. The molecule has 1 aromatic rings. The maximum atomic E-state index is 11.9. The van der Waals surface area contributed by atoms with Crippen molar-refractivity contribution >= 4 is 5.71 Å². The number of hydrogen-bond acceptors (Lipinski definition) is 6. The van der Waals surface area contributed by atoms with Gasteiger partial charge < -0.3 is 15.4 Å². The summed E-state index contributed by atoms with van der Waals surface area (Å²) in [5, 5.41) is 14.3. The fourth-order valence-electron chi connectivity index (χ4n) is 2.16. The number of hydrogen-bond donors (Lipinski definition) is 3. The molecule has 1 heterocycles. The molecule has 0 saturated heterocycles. The number of nitrogens with zero attached hydrogens (tertiary/aromatic N) is 3. The SMILES string of the molecule is C=CCn1c(O)c(C(C)=NNCCN(CC)CC)c(=O)[nH]c1=O. The van der Waals surface area contributed by atoms with Crippen LogP contribution in [0.2, 0.25) is 0 Å². The maximum Gasteiger partial charge on any atom is 0.331 e. The summed E-state index contributed by atoms with van der Waals surface area (Å²) in [6.07, 6.45) is 1.46. The highest BCUT2D eigenvalue weighted by Gasteiger charge is 2.16. The zero-order valence-electron chi connectivity index (χ0n) is 13.9. The van der Waals surface area contributed by atoms with Gasteiger partial charge in [0.05, 0.1) is 5.71 Å². The van der Waals surface area contributed by atoms with Crippen molar-refractivity contribution < 1.29 is 5.11 Å². The van der Waals surface area contributed by atoms with Crippen molar-refractivity contribution in [1.82, 2.24) is 19.9 Å². The quantitative estimate of drug-likeness (QED) is 0.258. The summed E-state index contributed by atoms with van der Waals surface area (Å²) in [7, 11) is 0. The molecule has 8 nitrogen and oxygen atoms in total. The molecule has 0 spiro atoms. The summed E-state index contributed by atoms with van der Waals surface area (Å²) < 4.78 is 1.03. The van der Waals surface area contributed by atoms with Crippen molar-refractivity contribution in [2.24, 2.45) is 5.10 Å². The minimum atomic E-state index is -0.682. The first-order valence-corrected chi connectivity index (χ1v) is 7.63. The Bertz CT molecular complexity index is 671. The normalized spacial score (nSPS) is 11.7. The minimum Gasteiger partial charge on any atom is -0.494 e. The van der Waals surface area contributed by atoms with Crippen LogP contribution < -0.4 is 16.7 Å². The third-order valence-electron chi connectivity index (χ3n) is 3.53. The predicted octanol–water partition coefficient (Wildman–Crippen LogP) is 0.0836. The molecule has 0 aliphatic heterocycles. The van der Waals surface area contributed by atoms with Crippen LogP contribution in [-0.2, 0) is 6.54 Å². The van der Waals surface area contributed by atoms with E-state index in [0.717, 1.165) is 24.2 Å². The number of allylic oxidation sites excluding steroid dienone is 1. The van der Waals surface area contributed by atoms with Crippen LogP contribution >= 0.6 is 0 Å². The molecule has 0 unspecified atom stereocenters. The second-order valence-electron chi connectivity index (χ2n) is 4.99. The molecule has 23 heavy (non-hydrogen) atoms. The minimum absolute atomic E-state index is 0.0261. The average Bonchev–Trinajstić information content (AvgIpc) is 2.51. The molecule has 0 aliphatic rings. The summed E-state index contributed by atoms with van der Waals surface area (Å²) >= 11 is 0. The highest BCUT2D eigenvalue weighted by Crippen LogP contribution is 2.10. The highest BCUT2D eigenvalue weighted by molar-refractivity contribution is 6.00. The van der Waals surface area contributed by atoms with E-state index in [4.69, 9.17) is 0 Å². The van der Waals surface area contributed by atoms with Crippen molar-refractivity contribution in [3.63, 3.8) is 0 Å². The molecule has 0 atom stereocenters. The summed E-state index contributed by atoms with van der Waals surface area (Å²) in [6.45, 7) is 12.7. The number of H-pyrrole nitrogens is 1. The standard InChI is InChI=1S/C15H25N5O3/c1-5-9-20-14(22)12(13(21)17-15(20)23)11(4)18-16-8-10-19(6-2)7-3/h5,16,22H,1,6-10H2,2-4H3,(H,17,21,23). The van der Waals surface area contributed by atoms with E-state index in [1.807, 2.05) is 0 Å². The van der Waals surface area contributed by atoms with E-state index in [1.54, 1.807) is 6.92 Å². The van der Waals surface area contributed by atoms with Crippen molar-refractivity contribution in [2.45, 2.75) is 27.3 Å². The van der Waals surface area contributed by atoms with E-state index in [-0.39, 0.29) is 12.1 Å². The number of nitrogens with one attached hydrogen (secondary N) is 2. The van der Waals surface area contributed by atoms with Crippen LogP contribution in [0.15, 0.2) is 27.3 Å². The molecule has 0 aromatic carbocycles. The van der Waals surface area contributed by atoms with Crippen LogP contribution in [0, 0.1) is 0 Å². The first kappa shape index (κ1) is 18.7. The smallest absolute Gasteiger partial charge is 0.331 e. The molecule has 1 aromatic heterocycles. The van der Waals surface area contributed by atoms with Gasteiger partial charge in [0.2, 0.25) is 5.88 Å². The Balaban J connectivity index is 2.95. The first-order chi connectivity index (χ1) is 11.0. The first-order valence-electron chi connectivity index (χ1n) is 7.63. The number of likely N-dealkylation sites (N-methyl/N-ethyl adjacent to an activating group) is 1. The number of hydrazone groups is 1. The molecule has 1 rings (SSSR count). The Morgan fingerprint density at radius 3 is 2.65 bits per heavy atom. The topological polar surface area (TPSA) is 103 Å². The predicted molar refractivity (Wildman–Crippen MR) is 91.2 cm³/mol. The molecule has 0 radical (unpaired) electrons. The molecular weight excluding hydrogens is 298 g/mol. The molecule has 128 valence electrons. The number of rotatable bonds is 9. The second kappa shape index (κ2) is 8.94. The van der Waals surface area contributed by atoms with E-state index in [1.165, 1.54) is 6.08 Å². The van der Waals surface area contributed by atoms with Crippen LogP contribution in [0.3, 0.4) is 0 Å². The Morgan fingerprint density at radius 1 is 1.43 bits per heavy atom. The maximum absolute atomic E-state index is 11.9. The van der Waals surface area contributed by atoms with Crippen LogP contribution in [0.4, 0.5) is 0 Å². The average molecular weight is 323 g/mol. The van der Waals surface area contributed by atoms with Gasteiger partial charge in [-0.2, -0.15) is 5.10 Å². The van der Waals surface area contributed by atoms with Crippen LogP contribution in [0.25, 0.3) is 0 Å². The lowest BCUT2D eigenvalue weighted by Crippen LogP contribution is -2.34. The third-order valence-corrected chi connectivity index (χ3v) is 3.53. The van der Waals surface area contributed by atoms with Crippen molar-refractivity contribution in [3.05, 3.63) is 39.1 Å². The van der Waals surface area contributed by atoms with Crippen LogP contribution in [-0.4, -0.2) is 51.4 Å². The van der Waals surface area contributed by atoms with Gasteiger partial charge in [0, 0.05) is 19.6 Å². The Morgan fingerprint density at radius 2 is 2.09 bits per heavy atom. The van der Waals surface area contributed by atoms with Crippen molar-refractivity contribution in [3.8, 4) is 5.88 Å². The fourth-order valence-corrected chi connectivity index (χ4v) is 2.16. The van der Waals surface area contributed by atoms with Gasteiger partial charge in [0.25, 0.3) is 5.56 Å².